The van der Waals surface area contributed by atoms with E-state index in [-0.39, 0.29) is 12.3 Å². The summed E-state index contributed by atoms with van der Waals surface area (Å²) < 4.78 is 10.6. The van der Waals surface area contributed by atoms with Crippen molar-refractivity contribution < 1.29 is 14.3 Å². The molecule has 0 radical (unpaired) electrons. The number of nitrogens with one attached hydrogen (secondary N) is 2. The number of carbonyl (C=O) groups excluding carboxylic acids is 1. The molecular weight excluding hydrogens is 306 g/mol. The number of imidazole rings is 1. The Morgan fingerprint density at radius 2 is 1.92 bits per heavy atom. The molecule has 3 rings (SSSR count). The largest absolute Gasteiger partial charge is 0.493 e. The molecule has 0 fully saturated rings. The van der Waals surface area contributed by atoms with Gasteiger partial charge in [0, 0.05) is 5.69 Å². The van der Waals surface area contributed by atoms with E-state index in [1.807, 2.05) is 37.3 Å². The number of nitrogens with zero attached hydrogens (tertiary/aromatic N) is 1. The third kappa shape index (κ3) is 3.17. The summed E-state index contributed by atoms with van der Waals surface area (Å²) in [5.41, 5.74) is 4.35. The van der Waals surface area contributed by atoms with Crippen LogP contribution >= 0.6 is 0 Å². The smallest absolute Gasteiger partial charge is 0.228 e. The number of hydrogen-bond donors (Lipinski definition) is 2. The van der Waals surface area contributed by atoms with Gasteiger partial charge in [-0.25, -0.2) is 4.98 Å². The van der Waals surface area contributed by atoms with E-state index in [0.717, 1.165) is 27.8 Å². The lowest BCUT2D eigenvalue weighted by Gasteiger charge is -2.13. The van der Waals surface area contributed by atoms with Crippen LogP contribution in [0.15, 0.2) is 36.7 Å². The predicted molar refractivity (Wildman–Crippen MR) is 92.7 cm³/mol. The van der Waals surface area contributed by atoms with Crippen LogP contribution in [0.1, 0.15) is 11.1 Å². The second-order valence-electron chi connectivity index (χ2n) is 5.49. The zero-order valence-corrected chi connectivity index (χ0v) is 13.8. The fourth-order valence-corrected chi connectivity index (χ4v) is 2.60. The van der Waals surface area contributed by atoms with Crippen LogP contribution in [0.25, 0.3) is 11.0 Å². The number of anilines is 1. The van der Waals surface area contributed by atoms with E-state index in [4.69, 9.17) is 9.47 Å². The van der Waals surface area contributed by atoms with Gasteiger partial charge < -0.3 is 19.8 Å². The number of aryl methyl sites for hydroxylation is 1. The SMILES string of the molecule is COc1cc(C)c(CC(=O)Nc2ccc3nc[nH]c3c2)cc1OC. The quantitative estimate of drug-likeness (QED) is 0.756. The van der Waals surface area contributed by atoms with E-state index in [1.165, 1.54) is 0 Å². The number of H-pyrrole nitrogens is 1. The minimum absolute atomic E-state index is 0.0933. The van der Waals surface area contributed by atoms with Crippen LogP contribution in [-0.4, -0.2) is 30.1 Å². The highest BCUT2D eigenvalue weighted by Gasteiger charge is 2.12. The first-order valence-corrected chi connectivity index (χ1v) is 7.55. The molecule has 0 aliphatic carbocycles. The maximum atomic E-state index is 12.4. The molecule has 0 saturated carbocycles. The number of rotatable bonds is 5. The number of benzene rings is 2. The standard InChI is InChI=1S/C18H19N3O3/c1-11-6-16(23-2)17(24-3)7-12(11)8-18(22)21-13-4-5-14-15(9-13)20-10-19-14/h4-7,9-10H,8H2,1-3H3,(H,19,20)(H,21,22). The van der Waals surface area contributed by atoms with Crippen molar-refractivity contribution in [2.24, 2.45) is 0 Å². The van der Waals surface area contributed by atoms with Crippen LogP contribution in [0.2, 0.25) is 0 Å². The molecule has 1 aromatic heterocycles. The van der Waals surface area contributed by atoms with Gasteiger partial charge in [-0.3, -0.25) is 4.79 Å². The summed E-state index contributed by atoms with van der Waals surface area (Å²) in [7, 11) is 3.17. The highest BCUT2D eigenvalue weighted by Crippen LogP contribution is 2.30. The lowest BCUT2D eigenvalue weighted by Crippen LogP contribution is -2.15. The number of carbonyl (C=O) groups is 1. The van der Waals surface area contributed by atoms with Crippen LogP contribution < -0.4 is 14.8 Å². The van der Waals surface area contributed by atoms with Crippen LogP contribution in [0.5, 0.6) is 11.5 Å². The first kappa shape index (κ1) is 15.9. The van der Waals surface area contributed by atoms with Crippen LogP contribution in [-0.2, 0) is 11.2 Å². The second kappa shape index (κ2) is 6.62. The molecule has 2 aromatic carbocycles. The Bertz CT molecular complexity index is 886. The fraction of sp³-hybridized carbons (Fsp3) is 0.222. The van der Waals surface area contributed by atoms with Gasteiger partial charge in [-0.15, -0.1) is 0 Å². The lowest BCUT2D eigenvalue weighted by atomic mass is 10.0. The summed E-state index contributed by atoms with van der Waals surface area (Å²) >= 11 is 0. The molecule has 0 spiro atoms. The van der Waals surface area contributed by atoms with E-state index in [9.17, 15) is 4.79 Å². The van der Waals surface area contributed by atoms with Gasteiger partial charge in [0.15, 0.2) is 11.5 Å². The summed E-state index contributed by atoms with van der Waals surface area (Å²) in [6.45, 7) is 1.95. The average molecular weight is 325 g/mol. The number of hydrogen-bond acceptors (Lipinski definition) is 4. The maximum Gasteiger partial charge on any atom is 0.228 e. The van der Waals surface area contributed by atoms with Gasteiger partial charge in [-0.1, -0.05) is 0 Å². The number of fused-ring (bicyclic) bond motifs is 1. The van der Waals surface area contributed by atoms with Gasteiger partial charge in [-0.2, -0.15) is 0 Å². The zero-order chi connectivity index (χ0) is 17.1. The molecule has 0 aliphatic rings. The molecule has 0 unspecified atom stereocenters. The minimum Gasteiger partial charge on any atom is -0.493 e. The highest BCUT2D eigenvalue weighted by atomic mass is 16.5. The predicted octanol–water partition coefficient (Wildman–Crippen LogP) is 3.07. The van der Waals surface area contributed by atoms with Crippen molar-refractivity contribution in [3.63, 3.8) is 0 Å². The normalized spacial score (nSPS) is 10.6. The van der Waals surface area contributed by atoms with Crippen LogP contribution in [0, 0.1) is 6.92 Å². The minimum atomic E-state index is -0.0933. The van der Waals surface area contributed by atoms with Gasteiger partial charge >= 0.3 is 0 Å². The molecule has 0 saturated heterocycles. The third-order valence-electron chi connectivity index (χ3n) is 3.90. The number of ether oxygens (including phenoxy) is 2. The Hall–Kier alpha value is -3.02. The lowest BCUT2D eigenvalue weighted by molar-refractivity contribution is -0.115. The molecule has 24 heavy (non-hydrogen) atoms. The molecule has 1 amide bonds. The van der Waals surface area contributed by atoms with Crippen molar-refractivity contribution in [2.45, 2.75) is 13.3 Å². The molecule has 0 atom stereocenters. The van der Waals surface area contributed by atoms with E-state index in [0.29, 0.717) is 11.5 Å². The first-order chi connectivity index (χ1) is 11.6. The van der Waals surface area contributed by atoms with Crippen molar-refractivity contribution in [1.82, 2.24) is 9.97 Å². The summed E-state index contributed by atoms with van der Waals surface area (Å²) in [4.78, 5) is 19.5. The van der Waals surface area contributed by atoms with Gasteiger partial charge in [-0.05, 0) is 48.4 Å². The molecule has 124 valence electrons. The summed E-state index contributed by atoms with van der Waals surface area (Å²) in [6, 6.07) is 9.28. The van der Waals surface area contributed by atoms with Crippen molar-refractivity contribution in [1.29, 1.82) is 0 Å². The van der Waals surface area contributed by atoms with Gasteiger partial charge in [0.05, 0.1) is 38.0 Å². The zero-order valence-electron chi connectivity index (χ0n) is 13.8. The van der Waals surface area contributed by atoms with Crippen LogP contribution in [0.3, 0.4) is 0 Å². The number of aromatic amines is 1. The number of methoxy groups -OCH3 is 2. The molecule has 2 N–H and O–H groups in total. The molecule has 3 aromatic rings. The average Bonchev–Trinajstić information content (AvgIpc) is 3.03. The molecule has 1 heterocycles. The van der Waals surface area contributed by atoms with Gasteiger partial charge in [0.2, 0.25) is 5.91 Å². The number of aromatic nitrogens is 2. The summed E-state index contributed by atoms with van der Waals surface area (Å²) in [6.07, 6.45) is 1.89. The van der Waals surface area contributed by atoms with Crippen molar-refractivity contribution >= 4 is 22.6 Å². The van der Waals surface area contributed by atoms with Crippen LogP contribution in [0.4, 0.5) is 5.69 Å². The van der Waals surface area contributed by atoms with E-state index < -0.39 is 0 Å². The summed E-state index contributed by atoms with van der Waals surface area (Å²) in [5, 5.41) is 2.91. The topological polar surface area (TPSA) is 76.2 Å². The second-order valence-corrected chi connectivity index (χ2v) is 5.49. The monoisotopic (exact) mass is 325 g/mol. The summed E-state index contributed by atoms with van der Waals surface area (Å²) in [5.74, 6) is 1.18. The molecule has 6 nitrogen and oxygen atoms in total. The molecule has 0 bridgehead atoms. The highest BCUT2D eigenvalue weighted by molar-refractivity contribution is 5.94. The van der Waals surface area contributed by atoms with Crippen molar-refractivity contribution in [3.05, 3.63) is 47.8 Å². The Morgan fingerprint density at radius 1 is 1.17 bits per heavy atom. The van der Waals surface area contributed by atoms with E-state index >= 15 is 0 Å². The van der Waals surface area contributed by atoms with Gasteiger partial charge in [0.25, 0.3) is 0 Å². The Balaban J connectivity index is 1.76. The van der Waals surface area contributed by atoms with E-state index in [2.05, 4.69) is 15.3 Å². The molecule has 6 heteroatoms. The Kier molecular flexibility index (Phi) is 4.37. The molecule has 0 aliphatic heterocycles. The first-order valence-electron chi connectivity index (χ1n) is 7.55. The fourth-order valence-electron chi connectivity index (χ4n) is 2.60. The molecular formula is C18H19N3O3. The third-order valence-corrected chi connectivity index (χ3v) is 3.90. The Morgan fingerprint density at radius 3 is 2.67 bits per heavy atom. The van der Waals surface area contributed by atoms with Crippen molar-refractivity contribution in [3.8, 4) is 11.5 Å². The van der Waals surface area contributed by atoms with Gasteiger partial charge in [0.1, 0.15) is 0 Å². The number of amides is 1. The maximum absolute atomic E-state index is 12.4. The Labute approximate surface area is 139 Å². The van der Waals surface area contributed by atoms with E-state index in [1.54, 1.807) is 20.5 Å². The van der Waals surface area contributed by atoms with Crippen molar-refractivity contribution in [2.75, 3.05) is 19.5 Å².